The molecule has 0 bridgehead atoms. The molecule has 0 aliphatic rings. The lowest BCUT2D eigenvalue weighted by atomic mass is 10.1. The fraction of sp³-hybridized carbons (Fsp3) is 0.444. The Morgan fingerprint density at radius 2 is 2.17 bits per heavy atom. The number of rotatable bonds is 2. The summed E-state index contributed by atoms with van der Waals surface area (Å²) in [5.41, 5.74) is 7.95. The van der Waals surface area contributed by atoms with Gasteiger partial charge in [-0.1, -0.05) is 0 Å². The Balaban J connectivity index is 3.18. The lowest BCUT2D eigenvalue weighted by Gasteiger charge is -2.16. The SMILES string of the molecule is Cc1ccnc(N(C)C)c1CN. The van der Waals surface area contributed by atoms with Crippen molar-refractivity contribution in [2.45, 2.75) is 13.5 Å². The van der Waals surface area contributed by atoms with E-state index < -0.39 is 0 Å². The second kappa shape index (κ2) is 3.54. The van der Waals surface area contributed by atoms with Crippen molar-refractivity contribution in [3.8, 4) is 0 Å². The van der Waals surface area contributed by atoms with Gasteiger partial charge in [0.05, 0.1) is 0 Å². The van der Waals surface area contributed by atoms with Crippen molar-refractivity contribution in [1.82, 2.24) is 4.98 Å². The maximum atomic E-state index is 5.62. The van der Waals surface area contributed by atoms with Crippen molar-refractivity contribution < 1.29 is 0 Å². The summed E-state index contributed by atoms with van der Waals surface area (Å²) in [6, 6.07) is 1.98. The van der Waals surface area contributed by atoms with Crippen molar-refractivity contribution in [3.63, 3.8) is 0 Å². The number of aryl methyl sites for hydroxylation is 1. The second-order valence-corrected chi connectivity index (χ2v) is 3.03. The van der Waals surface area contributed by atoms with E-state index >= 15 is 0 Å². The summed E-state index contributed by atoms with van der Waals surface area (Å²) in [5, 5.41) is 0. The van der Waals surface area contributed by atoms with Gasteiger partial charge >= 0.3 is 0 Å². The van der Waals surface area contributed by atoms with Gasteiger partial charge in [-0.2, -0.15) is 0 Å². The normalized spacial score (nSPS) is 10.0. The first-order valence-corrected chi connectivity index (χ1v) is 3.98. The molecule has 3 heteroatoms. The Bertz CT molecular complexity index is 268. The molecule has 1 aromatic heterocycles. The molecule has 0 saturated carbocycles. The predicted molar refractivity (Wildman–Crippen MR) is 51.2 cm³/mol. The molecule has 3 nitrogen and oxygen atoms in total. The molecule has 0 unspecified atom stereocenters. The molecule has 1 rings (SSSR count). The van der Waals surface area contributed by atoms with Crippen molar-refractivity contribution >= 4 is 5.82 Å². The minimum atomic E-state index is 0.549. The van der Waals surface area contributed by atoms with E-state index in [1.807, 2.05) is 31.3 Å². The van der Waals surface area contributed by atoms with E-state index in [1.54, 1.807) is 0 Å². The minimum Gasteiger partial charge on any atom is -0.362 e. The molecule has 66 valence electrons. The van der Waals surface area contributed by atoms with E-state index in [0.29, 0.717) is 6.54 Å². The molecule has 0 atom stereocenters. The molecule has 0 aliphatic heterocycles. The van der Waals surface area contributed by atoms with Crippen molar-refractivity contribution in [3.05, 3.63) is 23.4 Å². The van der Waals surface area contributed by atoms with Gasteiger partial charge in [0.15, 0.2) is 0 Å². The third-order valence-electron chi connectivity index (χ3n) is 1.90. The first kappa shape index (κ1) is 9.00. The Morgan fingerprint density at radius 3 is 2.58 bits per heavy atom. The maximum Gasteiger partial charge on any atom is 0.132 e. The average Bonchev–Trinajstić information content (AvgIpc) is 2.03. The van der Waals surface area contributed by atoms with Gasteiger partial charge in [0.25, 0.3) is 0 Å². The van der Waals surface area contributed by atoms with Crippen LogP contribution in [0.4, 0.5) is 5.82 Å². The number of nitrogens with two attached hydrogens (primary N) is 1. The standard InChI is InChI=1S/C9H15N3/c1-7-4-5-11-9(12(2)3)8(7)6-10/h4-5H,6,10H2,1-3H3. The average molecular weight is 165 g/mol. The molecular formula is C9H15N3. The summed E-state index contributed by atoms with van der Waals surface area (Å²) in [6.45, 7) is 2.60. The maximum absolute atomic E-state index is 5.62. The van der Waals surface area contributed by atoms with Crippen LogP contribution in [-0.2, 0) is 6.54 Å². The third kappa shape index (κ3) is 1.56. The first-order chi connectivity index (χ1) is 5.66. The topological polar surface area (TPSA) is 42.2 Å². The number of hydrogen-bond donors (Lipinski definition) is 1. The molecule has 2 N–H and O–H groups in total. The van der Waals surface area contributed by atoms with Gasteiger partial charge in [-0.25, -0.2) is 4.98 Å². The van der Waals surface area contributed by atoms with E-state index in [4.69, 9.17) is 5.73 Å². The number of aromatic nitrogens is 1. The number of nitrogens with zero attached hydrogens (tertiary/aromatic N) is 2. The largest absolute Gasteiger partial charge is 0.362 e. The van der Waals surface area contributed by atoms with Gasteiger partial charge in [0, 0.05) is 32.4 Å². The van der Waals surface area contributed by atoms with Gasteiger partial charge in [0.1, 0.15) is 5.82 Å². The van der Waals surface area contributed by atoms with Crippen LogP contribution < -0.4 is 10.6 Å². The molecule has 0 aliphatic carbocycles. The number of pyridine rings is 1. The zero-order valence-electron chi connectivity index (χ0n) is 7.83. The summed E-state index contributed by atoms with van der Waals surface area (Å²) >= 11 is 0. The fourth-order valence-corrected chi connectivity index (χ4v) is 1.21. The fourth-order valence-electron chi connectivity index (χ4n) is 1.21. The molecule has 0 aromatic carbocycles. The predicted octanol–water partition coefficient (Wildman–Crippen LogP) is 0.915. The molecule has 0 fully saturated rings. The van der Waals surface area contributed by atoms with Crippen molar-refractivity contribution in [2.24, 2.45) is 5.73 Å². The van der Waals surface area contributed by atoms with E-state index in [0.717, 1.165) is 11.4 Å². The summed E-state index contributed by atoms with van der Waals surface area (Å²) in [7, 11) is 3.95. The van der Waals surface area contributed by atoms with Crippen molar-refractivity contribution in [2.75, 3.05) is 19.0 Å². The molecule has 0 saturated heterocycles. The highest BCUT2D eigenvalue weighted by Crippen LogP contribution is 2.17. The highest BCUT2D eigenvalue weighted by molar-refractivity contribution is 5.48. The van der Waals surface area contributed by atoms with E-state index in [-0.39, 0.29) is 0 Å². The molecule has 0 amide bonds. The van der Waals surface area contributed by atoms with E-state index in [9.17, 15) is 0 Å². The quantitative estimate of drug-likeness (QED) is 0.708. The Morgan fingerprint density at radius 1 is 1.50 bits per heavy atom. The monoisotopic (exact) mass is 165 g/mol. The van der Waals surface area contributed by atoms with Gasteiger partial charge < -0.3 is 10.6 Å². The zero-order chi connectivity index (χ0) is 9.14. The van der Waals surface area contributed by atoms with Crippen LogP contribution in [0.5, 0.6) is 0 Å². The Labute approximate surface area is 73.2 Å². The molecule has 0 spiro atoms. The van der Waals surface area contributed by atoms with Gasteiger partial charge in [-0.15, -0.1) is 0 Å². The van der Waals surface area contributed by atoms with Crippen LogP contribution in [0.1, 0.15) is 11.1 Å². The summed E-state index contributed by atoms with van der Waals surface area (Å²) in [6.07, 6.45) is 1.81. The molecule has 12 heavy (non-hydrogen) atoms. The Hall–Kier alpha value is -1.09. The van der Waals surface area contributed by atoms with Crippen LogP contribution >= 0.6 is 0 Å². The minimum absolute atomic E-state index is 0.549. The van der Waals surface area contributed by atoms with Crippen LogP contribution in [0.3, 0.4) is 0 Å². The van der Waals surface area contributed by atoms with Gasteiger partial charge in [-0.05, 0) is 18.6 Å². The van der Waals surface area contributed by atoms with Gasteiger partial charge in [0.2, 0.25) is 0 Å². The molecule has 0 radical (unpaired) electrons. The molecule has 1 heterocycles. The van der Waals surface area contributed by atoms with Crippen LogP contribution in [0, 0.1) is 6.92 Å². The first-order valence-electron chi connectivity index (χ1n) is 3.98. The van der Waals surface area contributed by atoms with E-state index in [2.05, 4.69) is 11.9 Å². The highest BCUT2D eigenvalue weighted by atomic mass is 15.1. The molecular weight excluding hydrogens is 150 g/mol. The third-order valence-corrected chi connectivity index (χ3v) is 1.90. The van der Waals surface area contributed by atoms with Crippen LogP contribution in [0.2, 0.25) is 0 Å². The van der Waals surface area contributed by atoms with Gasteiger partial charge in [-0.3, -0.25) is 0 Å². The van der Waals surface area contributed by atoms with Crippen molar-refractivity contribution in [1.29, 1.82) is 0 Å². The highest BCUT2D eigenvalue weighted by Gasteiger charge is 2.05. The number of hydrogen-bond acceptors (Lipinski definition) is 3. The van der Waals surface area contributed by atoms with Crippen LogP contribution in [0.25, 0.3) is 0 Å². The Kier molecular flexibility index (Phi) is 2.65. The van der Waals surface area contributed by atoms with E-state index in [1.165, 1.54) is 5.56 Å². The zero-order valence-corrected chi connectivity index (χ0v) is 7.83. The lowest BCUT2D eigenvalue weighted by Crippen LogP contribution is -2.15. The smallest absolute Gasteiger partial charge is 0.132 e. The second-order valence-electron chi connectivity index (χ2n) is 3.03. The summed E-state index contributed by atoms with van der Waals surface area (Å²) in [4.78, 5) is 6.24. The van der Waals surface area contributed by atoms with Crippen LogP contribution in [-0.4, -0.2) is 19.1 Å². The lowest BCUT2D eigenvalue weighted by molar-refractivity contribution is 0.971. The summed E-state index contributed by atoms with van der Waals surface area (Å²) in [5.74, 6) is 0.970. The molecule has 1 aromatic rings. The van der Waals surface area contributed by atoms with Crippen LogP contribution in [0.15, 0.2) is 12.3 Å². The number of anilines is 1. The summed E-state index contributed by atoms with van der Waals surface area (Å²) < 4.78 is 0.